The quantitative estimate of drug-likeness (QED) is 0.761. The highest BCUT2D eigenvalue weighted by Gasteiger charge is 2.31. The van der Waals surface area contributed by atoms with E-state index >= 15 is 0 Å². The van der Waals surface area contributed by atoms with Crippen LogP contribution in [0.25, 0.3) is 0 Å². The number of nitrogens with one attached hydrogen (secondary N) is 1. The molecule has 16 heavy (non-hydrogen) atoms. The molecule has 0 bridgehead atoms. The summed E-state index contributed by atoms with van der Waals surface area (Å²) in [5.41, 5.74) is 0.340. The van der Waals surface area contributed by atoms with E-state index in [4.69, 9.17) is 0 Å². The molecule has 3 heteroatoms. The van der Waals surface area contributed by atoms with E-state index < -0.39 is 0 Å². The summed E-state index contributed by atoms with van der Waals surface area (Å²) in [7, 11) is 2.25. The Bertz CT molecular complexity index is 221. The van der Waals surface area contributed by atoms with Crippen LogP contribution < -0.4 is 5.32 Å². The summed E-state index contributed by atoms with van der Waals surface area (Å²) in [6.45, 7) is 10.8. The van der Waals surface area contributed by atoms with Gasteiger partial charge in [0.05, 0.1) is 0 Å². The fourth-order valence-electron chi connectivity index (χ4n) is 2.89. The van der Waals surface area contributed by atoms with Crippen molar-refractivity contribution in [3.8, 4) is 0 Å². The molecule has 2 aliphatic rings. The second-order valence-corrected chi connectivity index (χ2v) is 6.12. The number of hydrogen-bond acceptors (Lipinski definition) is 3. The Hall–Kier alpha value is -0.120. The molecule has 1 atom stereocenters. The first-order valence-electron chi connectivity index (χ1n) is 6.75. The zero-order valence-electron chi connectivity index (χ0n) is 11.1. The first kappa shape index (κ1) is 12.3. The third kappa shape index (κ3) is 2.96. The molecule has 0 amide bonds. The highest BCUT2D eigenvalue weighted by atomic mass is 15.3. The normalized spacial score (nSPS) is 32.8. The second kappa shape index (κ2) is 5.03. The molecule has 0 aliphatic carbocycles. The first-order valence-corrected chi connectivity index (χ1v) is 6.75. The van der Waals surface area contributed by atoms with Crippen LogP contribution in [0.4, 0.5) is 0 Å². The minimum Gasteiger partial charge on any atom is -0.313 e. The third-order valence-corrected chi connectivity index (χ3v) is 4.29. The highest BCUT2D eigenvalue weighted by Crippen LogP contribution is 2.19. The van der Waals surface area contributed by atoms with E-state index in [1.807, 2.05) is 0 Å². The molecule has 2 saturated heterocycles. The molecule has 0 aromatic heterocycles. The van der Waals surface area contributed by atoms with E-state index in [0.717, 1.165) is 6.04 Å². The van der Waals surface area contributed by atoms with Gasteiger partial charge >= 0.3 is 0 Å². The lowest BCUT2D eigenvalue weighted by Crippen LogP contribution is -2.59. The van der Waals surface area contributed by atoms with Gasteiger partial charge in [0.25, 0.3) is 0 Å². The average Bonchev–Trinajstić information content (AvgIpc) is 2.25. The Morgan fingerprint density at radius 2 is 2.06 bits per heavy atom. The van der Waals surface area contributed by atoms with E-state index in [1.165, 1.54) is 52.0 Å². The molecule has 3 nitrogen and oxygen atoms in total. The van der Waals surface area contributed by atoms with Crippen molar-refractivity contribution in [2.75, 3.05) is 39.8 Å². The number of hydrogen-bond donors (Lipinski definition) is 1. The number of piperazine rings is 1. The maximum absolute atomic E-state index is 3.65. The monoisotopic (exact) mass is 225 g/mol. The molecule has 0 aromatic carbocycles. The Balaban J connectivity index is 1.81. The average molecular weight is 225 g/mol. The van der Waals surface area contributed by atoms with Crippen molar-refractivity contribution in [2.45, 2.75) is 44.7 Å². The smallest absolute Gasteiger partial charge is 0.0277 e. The van der Waals surface area contributed by atoms with Crippen molar-refractivity contribution >= 4 is 0 Å². The van der Waals surface area contributed by atoms with Crippen molar-refractivity contribution in [1.82, 2.24) is 15.1 Å². The van der Waals surface area contributed by atoms with Crippen LogP contribution in [0.3, 0.4) is 0 Å². The van der Waals surface area contributed by atoms with Crippen LogP contribution in [0, 0.1) is 0 Å². The first-order chi connectivity index (χ1) is 7.58. The van der Waals surface area contributed by atoms with Crippen LogP contribution in [0.2, 0.25) is 0 Å². The lowest BCUT2D eigenvalue weighted by molar-refractivity contribution is 0.0337. The summed E-state index contributed by atoms with van der Waals surface area (Å²) in [6, 6.07) is 0.743. The van der Waals surface area contributed by atoms with Crippen LogP contribution >= 0.6 is 0 Å². The Morgan fingerprint density at radius 1 is 1.25 bits per heavy atom. The van der Waals surface area contributed by atoms with Gasteiger partial charge in [0, 0.05) is 37.8 Å². The second-order valence-electron chi connectivity index (χ2n) is 6.12. The molecule has 1 unspecified atom stereocenters. The minimum absolute atomic E-state index is 0.340. The van der Waals surface area contributed by atoms with Crippen LogP contribution in [0.15, 0.2) is 0 Å². The van der Waals surface area contributed by atoms with Gasteiger partial charge in [0.2, 0.25) is 0 Å². The van der Waals surface area contributed by atoms with Crippen LogP contribution in [-0.2, 0) is 0 Å². The summed E-state index contributed by atoms with van der Waals surface area (Å²) in [4.78, 5) is 5.13. The number of rotatable bonds is 2. The maximum Gasteiger partial charge on any atom is 0.0277 e. The summed E-state index contributed by atoms with van der Waals surface area (Å²) in [5, 5.41) is 3.65. The topological polar surface area (TPSA) is 18.5 Å². The summed E-state index contributed by atoms with van der Waals surface area (Å²) >= 11 is 0. The predicted octanol–water partition coefficient (Wildman–Crippen LogP) is 1.15. The Morgan fingerprint density at radius 3 is 2.69 bits per heavy atom. The van der Waals surface area contributed by atoms with Gasteiger partial charge in [-0.05, 0) is 40.3 Å². The third-order valence-electron chi connectivity index (χ3n) is 4.29. The molecule has 0 radical (unpaired) electrons. The van der Waals surface area contributed by atoms with E-state index in [2.05, 4.69) is 36.0 Å². The summed E-state index contributed by atoms with van der Waals surface area (Å²) in [5.74, 6) is 0. The SMILES string of the molecule is CN1CCN(CC2CCCCN2)CC1(C)C. The largest absolute Gasteiger partial charge is 0.313 e. The molecule has 0 spiro atoms. The molecule has 94 valence electrons. The molecule has 0 aromatic rings. The fraction of sp³-hybridized carbons (Fsp3) is 1.00. The van der Waals surface area contributed by atoms with Gasteiger partial charge in [-0.2, -0.15) is 0 Å². The maximum atomic E-state index is 3.65. The van der Waals surface area contributed by atoms with E-state index in [-0.39, 0.29) is 0 Å². The van der Waals surface area contributed by atoms with Gasteiger partial charge in [-0.15, -0.1) is 0 Å². The van der Waals surface area contributed by atoms with Crippen molar-refractivity contribution in [1.29, 1.82) is 0 Å². The van der Waals surface area contributed by atoms with Crippen LogP contribution in [0.1, 0.15) is 33.1 Å². The predicted molar refractivity (Wildman–Crippen MR) is 68.8 cm³/mol. The van der Waals surface area contributed by atoms with Gasteiger partial charge in [0.15, 0.2) is 0 Å². The standard InChI is InChI=1S/C13H27N3/c1-13(2)11-16(9-8-15(13)3)10-12-6-4-5-7-14-12/h12,14H,4-11H2,1-3H3. The van der Waals surface area contributed by atoms with E-state index in [9.17, 15) is 0 Å². The molecule has 1 N–H and O–H groups in total. The van der Waals surface area contributed by atoms with Crippen LogP contribution in [0.5, 0.6) is 0 Å². The van der Waals surface area contributed by atoms with E-state index in [0.29, 0.717) is 5.54 Å². The summed E-state index contributed by atoms with van der Waals surface area (Å²) in [6.07, 6.45) is 4.15. The lowest BCUT2D eigenvalue weighted by atomic mass is 9.98. The molecular formula is C13H27N3. The van der Waals surface area contributed by atoms with Gasteiger partial charge in [-0.1, -0.05) is 6.42 Å². The summed E-state index contributed by atoms with van der Waals surface area (Å²) < 4.78 is 0. The van der Waals surface area contributed by atoms with Crippen molar-refractivity contribution in [2.24, 2.45) is 0 Å². The zero-order chi connectivity index (χ0) is 11.6. The molecule has 2 fully saturated rings. The number of nitrogens with zero attached hydrogens (tertiary/aromatic N) is 2. The van der Waals surface area contributed by atoms with Gasteiger partial charge < -0.3 is 5.32 Å². The van der Waals surface area contributed by atoms with Crippen molar-refractivity contribution < 1.29 is 0 Å². The highest BCUT2D eigenvalue weighted by molar-refractivity contribution is 4.90. The molecule has 0 saturated carbocycles. The van der Waals surface area contributed by atoms with Crippen LogP contribution in [-0.4, -0.2) is 61.2 Å². The zero-order valence-corrected chi connectivity index (χ0v) is 11.1. The Labute approximate surface area is 100 Å². The number of piperidine rings is 1. The fourth-order valence-corrected chi connectivity index (χ4v) is 2.89. The lowest BCUT2D eigenvalue weighted by Gasteiger charge is -2.46. The van der Waals surface area contributed by atoms with Gasteiger partial charge in [0.1, 0.15) is 0 Å². The van der Waals surface area contributed by atoms with Crippen molar-refractivity contribution in [3.05, 3.63) is 0 Å². The van der Waals surface area contributed by atoms with Gasteiger partial charge in [-0.3, -0.25) is 9.80 Å². The van der Waals surface area contributed by atoms with Crippen molar-refractivity contribution in [3.63, 3.8) is 0 Å². The molecular weight excluding hydrogens is 198 g/mol. The van der Waals surface area contributed by atoms with Gasteiger partial charge in [-0.25, -0.2) is 0 Å². The number of likely N-dealkylation sites (N-methyl/N-ethyl adjacent to an activating group) is 1. The Kier molecular flexibility index (Phi) is 3.88. The minimum atomic E-state index is 0.340. The molecule has 2 rings (SSSR count). The molecule has 2 aliphatic heterocycles. The van der Waals surface area contributed by atoms with E-state index in [1.54, 1.807) is 0 Å². The molecule has 2 heterocycles.